The second-order valence-electron chi connectivity index (χ2n) is 4.73. The first-order valence-electron chi connectivity index (χ1n) is 6.53. The van der Waals surface area contributed by atoms with Gasteiger partial charge in [-0.1, -0.05) is 49.1 Å². The summed E-state index contributed by atoms with van der Waals surface area (Å²) >= 11 is 0. The molecule has 0 aliphatic rings. The quantitative estimate of drug-likeness (QED) is 0.509. The van der Waals surface area contributed by atoms with Crippen LogP contribution in [0, 0.1) is 0 Å². The molecule has 19 heavy (non-hydrogen) atoms. The summed E-state index contributed by atoms with van der Waals surface area (Å²) in [6, 6.07) is 17.4. The van der Waals surface area contributed by atoms with E-state index in [1.807, 2.05) is 13.0 Å². The minimum atomic E-state index is 1.18. The van der Waals surface area contributed by atoms with Crippen molar-refractivity contribution in [3.63, 3.8) is 0 Å². The molecule has 92 valence electrons. The predicted octanol–water partition coefficient (Wildman–Crippen LogP) is 5.67. The summed E-state index contributed by atoms with van der Waals surface area (Å²) < 4.78 is 0. The van der Waals surface area contributed by atoms with E-state index in [2.05, 4.69) is 67.3 Å². The molecule has 0 N–H and O–H groups in total. The van der Waals surface area contributed by atoms with Crippen molar-refractivity contribution < 1.29 is 0 Å². The van der Waals surface area contributed by atoms with E-state index in [4.69, 9.17) is 0 Å². The molecule has 0 bridgehead atoms. The van der Waals surface area contributed by atoms with Crippen molar-refractivity contribution in [2.24, 2.45) is 0 Å². The molecule has 0 amide bonds. The molecule has 0 aliphatic carbocycles. The summed E-state index contributed by atoms with van der Waals surface area (Å²) in [4.78, 5) is 0. The van der Waals surface area contributed by atoms with E-state index in [1.54, 1.807) is 0 Å². The number of benzene rings is 3. The van der Waals surface area contributed by atoms with Crippen molar-refractivity contribution >= 4 is 33.7 Å². The number of rotatable bonds is 2. The smallest absolute Gasteiger partial charge is 0.0171 e. The van der Waals surface area contributed by atoms with Crippen LogP contribution >= 0.6 is 0 Å². The summed E-state index contributed by atoms with van der Waals surface area (Å²) in [5.74, 6) is 0. The molecular formula is C19H16. The molecule has 0 atom stereocenters. The molecule has 0 saturated heterocycles. The first kappa shape index (κ1) is 11.7. The predicted molar refractivity (Wildman–Crippen MR) is 86.3 cm³/mol. The van der Waals surface area contributed by atoms with Crippen molar-refractivity contribution in [3.05, 3.63) is 72.3 Å². The SMILES string of the molecule is C=Cc1cc2cc3ccccc3cc2cc1/C=C\C. The van der Waals surface area contributed by atoms with Crippen LogP contribution in [-0.4, -0.2) is 0 Å². The third kappa shape index (κ3) is 2.06. The monoisotopic (exact) mass is 244 g/mol. The maximum Gasteiger partial charge on any atom is -0.0171 e. The summed E-state index contributed by atoms with van der Waals surface area (Å²) in [6.07, 6.45) is 6.12. The van der Waals surface area contributed by atoms with Gasteiger partial charge in [0.25, 0.3) is 0 Å². The summed E-state index contributed by atoms with van der Waals surface area (Å²) in [5, 5.41) is 5.11. The van der Waals surface area contributed by atoms with Crippen LogP contribution in [0.3, 0.4) is 0 Å². The van der Waals surface area contributed by atoms with E-state index in [9.17, 15) is 0 Å². The van der Waals surface area contributed by atoms with Crippen molar-refractivity contribution in [1.29, 1.82) is 0 Å². The van der Waals surface area contributed by atoms with Gasteiger partial charge in [0.1, 0.15) is 0 Å². The molecule has 0 unspecified atom stereocenters. The lowest BCUT2D eigenvalue weighted by atomic mass is 9.97. The zero-order valence-electron chi connectivity index (χ0n) is 11.1. The molecule has 0 heterocycles. The van der Waals surface area contributed by atoms with Gasteiger partial charge in [0.15, 0.2) is 0 Å². The van der Waals surface area contributed by atoms with Gasteiger partial charge in [0.05, 0.1) is 0 Å². The van der Waals surface area contributed by atoms with Gasteiger partial charge in [0.2, 0.25) is 0 Å². The molecule has 3 aromatic carbocycles. The molecule has 3 rings (SSSR count). The Labute approximate surface area is 113 Å². The van der Waals surface area contributed by atoms with Crippen LogP contribution < -0.4 is 0 Å². The van der Waals surface area contributed by atoms with E-state index in [0.717, 1.165) is 0 Å². The molecule has 0 aromatic heterocycles. The van der Waals surface area contributed by atoms with Crippen LogP contribution in [0.4, 0.5) is 0 Å². The van der Waals surface area contributed by atoms with Crippen LogP contribution in [0.25, 0.3) is 33.7 Å². The second kappa shape index (κ2) is 4.74. The van der Waals surface area contributed by atoms with Gasteiger partial charge >= 0.3 is 0 Å². The third-order valence-electron chi connectivity index (χ3n) is 3.47. The largest absolute Gasteiger partial charge is 0.0984 e. The molecular weight excluding hydrogens is 228 g/mol. The van der Waals surface area contributed by atoms with E-state index in [0.29, 0.717) is 0 Å². The standard InChI is InChI=1S/C19H16/c1-3-7-15-11-19-13-17-9-6-5-8-16(17)12-18(19)10-14(15)4-2/h3-13H,2H2,1H3/b7-3-. The highest BCUT2D eigenvalue weighted by Gasteiger charge is 2.02. The summed E-state index contributed by atoms with van der Waals surface area (Å²) in [5.41, 5.74) is 2.40. The molecule has 0 saturated carbocycles. The zero-order chi connectivity index (χ0) is 13.2. The molecule has 3 aromatic rings. The normalized spacial score (nSPS) is 11.4. The number of hydrogen-bond acceptors (Lipinski definition) is 0. The van der Waals surface area contributed by atoms with Crippen molar-refractivity contribution in [2.75, 3.05) is 0 Å². The molecule has 0 aliphatic heterocycles. The van der Waals surface area contributed by atoms with Crippen LogP contribution in [0.5, 0.6) is 0 Å². The molecule has 0 fully saturated rings. The van der Waals surface area contributed by atoms with Crippen molar-refractivity contribution in [1.82, 2.24) is 0 Å². The Bertz CT molecular complexity index is 792. The maximum atomic E-state index is 3.91. The molecule has 0 heteroatoms. The van der Waals surface area contributed by atoms with Gasteiger partial charge in [-0.2, -0.15) is 0 Å². The van der Waals surface area contributed by atoms with Gasteiger partial charge in [-0.25, -0.2) is 0 Å². The second-order valence-corrected chi connectivity index (χ2v) is 4.73. The fourth-order valence-electron chi connectivity index (χ4n) is 2.53. The van der Waals surface area contributed by atoms with Gasteiger partial charge in [-0.05, 0) is 63.9 Å². The van der Waals surface area contributed by atoms with Crippen molar-refractivity contribution in [3.8, 4) is 0 Å². The minimum Gasteiger partial charge on any atom is -0.0984 e. The average molecular weight is 244 g/mol. The Kier molecular flexibility index (Phi) is 2.92. The summed E-state index contributed by atoms with van der Waals surface area (Å²) in [6.45, 7) is 5.95. The Morgan fingerprint density at radius 3 is 1.89 bits per heavy atom. The van der Waals surface area contributed by atoms with Crippen LogP contribution in [0.2, 0.25) is 0 Å². The van der Waals surface area contributed by atoms with Gasteiger partial charge < -0.3 is 0 Å². The lowest BCUT2D eigenvalue weighted by Gasteiger charge is -2.07. The fourth-order valence-corrected chi connectivity index (χ4v) is 2.53. The highest BCUT2D eigenvalue weighted by molar-refractivity contribution is 6.00. The maximum absolute atomic E-state index is 3.91. The fraction of sp³-hybridized carbons (Fsp3) is 0.0526. The topological polar surface area (TPSA) is 0 Å². The zero-order valence-corrected chi connectivity index (χ0v) is 11.1. The highest BCUT2D eigenvalue weighted by Crippen LogP contribution is 2.27. The Hall–Kier alpha value is -2.34. The first-order chi connectivity index (χ1) is 9.31. The van der Waals surface area contributed by atoms with Crippen LogP contribution in [-0.2, 0) is 0 Å². The Morgan fingerprint density at radius 2 is 1.37 bits per heavy atom. The Balaban J connectivity index is 2.37. The first-order valence-corrected chi connectivity index (χ1v) is 6.53. The van der Waals surface area contributed by atoms with E-state index in [-0.39, 0.29) is 0 Å². The third-order valence-corrected chi connectivity index (χ3v) is 3.47. The van der Waals surface area contributed by atoms with E-state index >= 15 is 0 Å². The summed E-state index contributed by atoms with van der Waals surface area (Å²) in [7, 11) is 0. The highest BCUT2D eigenvalue weighted by atomic mass is 14.1. The van der Waals surface area contributed by atoms with Gasteiger partial charge in [-0.15, -0.1) is 0 Å². The number of hydrogen-bond donors (Lipinski definition) is 0. The minimum absolute atomic E-state index is 1.18. The number of fused-ring (bicyclic) bond motifs is 2. The van der Waals surface area contributed by atoms with Crippen LogP contribution in [0.1, 0.15) is 18.1 Å². The van der Waals surface area contributed by atoms with E-state index < -0.39 is 0 Å². The molecule has 0 radical (unpaired) electrons. The Morgan fingerprint density at radius 1 is 0.789 bits per heavy atom. The molecule has 0 nitrogen and oxygen atoms in total. The van der Waals surface area contributed by atoms with Gasteiger partial charge in [-0.3, -0.25) is 0 Å². The molecule has 0 spiro atoms. The number of allylic oxidation sites excluding steroid dienone is 1. The average Bonchev–Trinajstić information content (AvgIpc) is 2.45. The lowest BCUT2D eigenvalue weighted by Crippen LogP contribution is -1.83. The van der Waals surface area contributed by atoms with Crippen LogP contribution in [0.15, 0.2) is 61.2 Å². The lowest BCUT2D eigenvalue weighted by molar-refractivity contribution is 1.65. The van der Waals surface area contributed by atoms with Crippen molar-refractivity contribution in [2.45, 2.75) is 6.92 Å². The van der Waals surface area contributed by atoms with Gasteiger partial charge in [0, 0.05) is 0 Å². The van der Waals surface area contributed by atoms with E-state index in [1.165, 1.54) is 32.7 Å².